The van der Waals surface area contributed by atoms with E-state index < -0.39 is 10.0 Å². The van der Waals surface area contributed by atoms with Crippen LogP contribution in [-0.4, -0.2) is 49.5 Å². The predicted octanol–water partition coefficient (Wildman–Crippen LogP) is -0.284. The molecule has 2 N–H and O–H groups in total. The third kappa shape index (κ3) is 3.62. The van der Waals surface area contributed by atoms with E-state index in [4.69, 9.17) is 10.5 Å². The number of hydrogen-bond donors (Lipinski definition) is 1. The Labute approximate surface area is 101 Å². The molecule has 0 aliphatic heterocycles. The zero-order valence-electron chi connectivity index (χ0n) is 9.83. The highest BCUT2D eigenvalue weighted by molar-refractivity contribution is 7.89. The van der Waals surface area contributed by atoms with Gasteiger partial charge in [0.25, 0.3) is 0 Å². The molecule has 0 radical (unpaired) electrons. The molecule has 1 rings (SSSR count). The molecule has 17 heavy (non-hydrogen) atoms. The Hall–Kier alpha value is -1.25. The number of nitrogens with zero attached hydrogens (tertiary/aromatic N) is 3. The Morgan fingerprint density at radius 3 is 2.53 bits per heavy atom. The first-order chi connectivity index (χ1) is 7.98. The van der Waals surface area contributed by atoms with E-state index >= 15 is 0 Å². The average molecular weight is 260 g/mol. The summed E-state index contributed by atoms with van der Waals surface area (Å²) in [5.74, 6) is 0.0425. The Balaban J connectivity index is 2.76. The van der Waals surface area contributed by atoms with E-state index in [0.29, 0.717) is 13.2 Å². The summed E-state index contributed by atoms with van der Waals surface area (Å²) in [6.07, 6.45) is 2.38. The van der Waals surface area contributed by atoms with E-state index in [1.54, 1.807) is 0 Å². The number of rotatable bonds is 6. The minimum absolute atomic E-state index is 0.0192. The monoisotopic (exact) mass is 260 g/mol. The van der Waals surface area contributed by atoms with Crippen molar-refractivity contribution in [2.75, 3.05) is 32.5 Å². The third-order valence-electron chi connectivity index (χ3n) is 2.11. The average Bonchev–Trinajstić information content (AvgIpc) is 2.29. The fraction of sp³-hybridized carbons (Fsp3) is 0.556. The predicted molar refractivity (Wildman–Crippen MR) is 62.8 cm³/mol. The van der Waals surface area contributed by atoms with Gasteiger partial charge in [-0.15, -0.1) is 0 Å². The highest BCUT2D eigenvalue weighted by atomic mass is 32.2. The Morgan fingerprint density at radius 2 is 2.00 bits per heavy atom. The first kappa shape index (κ1) is 13.8. The molecule has 1 aromatic heterocycles. The van der Waals surface area contributed by atoms with Crippen LogP contribution in [0.1, 0.15) is 6.92 Å². The van der Waals surface area contributed by atoms with Gasteiger partial charge in [-0.3, -0.25) is 0 Å². The summed E-state index contributed by atoms with van der Waals surface area (Å²) < 4.78 is 30.3. The molecule has 0 aromatic carbocycles. The van der Waals surface area contributed by atoms with Gasteiger partial charge in [0.1, 0.15) is 4.90 Å². The summed E-state index contributed by atoms with van der Waals surface area (Å²) in [5.41, 5.74) is 5.29. The van der Waals surface area contributed by atoms with Crippen LogP contribution in [0.15, 0.2) is 17.3 Å². The van der Waals surface area contributed by atoms with Gasteiger partial charge in [-0.05, 0) is 6.92 Å². The van der Waals surface area contributed by atoms with Crippen molar-refractivity contribution in [2.45, 2.75) is 11.8 Å². The van der Waals surface area contributed by atoms with Crippen LogP contribution in [0.3, 0.4) is 0 Å². The molecule has 0 unspecified atom stereocenters. The molecule has 0 spiro atoms. The maximum absolute atomic E-state index is 12.0. The normalized spacial score (nSPS) is 11.9. The Bertz CT molecular complexity index is 446. The van der Waals surface area contributed by atoms with Crippen molar-refractivity contribution in [3.05, 3.63) is 12.4 Å². The Morgan fingerprint density at radius 1 is 1.41 bits per heavy atom. The van der Waals surface area contributed by atoms with E-state index in [2.05, 4.69) is 9.97 Å². The molecule has 0 atom stereocenters. The van der Waals surface area contributed by atoms with Gasteiger partial charge in [-0.25, -0.2) is 18.4 Å². The quantitative estimate of drug-likeness (QED) is 0.706. The van der Waals surface area contributed by atoms with Gasteiger partial charge in [-0.1, -0.05) is 0 Å². The third-order valence-corrected chi connectivity index (χ3v) is 3.92. The first-order valence-corrected chi connectivity index (χ1v) is 6.54. The molecule has 0 aliphatic rings. The largest absolute Gasteiger partial charge is 0.380 e. The van der Waals surface area contributed by atoms with Gasteiger partial charge in [0, 0.05) is 20.2 Å². The second kappa shape index (κ2) is 5.89. The van der Waals surface area contributed by atoms with Crippen molar-refractivity contribution >= 4 is 16.0 Å². The van der Waals surface area contributed by atoms with Crippen molar-refractivity contribution in [3.8, 4) is 0 Å². The molecule has 1 heterocycles. The van der Waals surface area contributed by atoms with E-state index in [1.807, 2.05) is 6.92 Å². The molecule has 7 nitrogen and oxygen atoms in total. The number of ether oxygens (including phenoxy) is 1. The topological polar surface area (TPSA) is 98.4 Å². The van der Waals surface area contributed by atoms with Crippen molar-refractivity contribution in [2.24, 2.45) is 0 Å². The molecule has 0 fully saturated rings. The summed E-state index contributed by atoms with van der Waals surface area (Å²) in [6, 6.07) is 0. The number of nitrogen functional groups attached to an aromatic ring is 1. The fourth-order valence-electron chi connectivity index (χ4n) is 1.10. The summed E-state index contributed by atoms with van der Waals surface area (Å²) in [7, 11) is -2.09. The summed E-state index contributed by atoms with van der Waals surface area (Å²) in [6.45, 7) is 3.03. The zero-order valence-corrected chi connectivity index (χ0v) is 10.6. The standard InChI is InChI=1S/C9H16N4O3S/c1-3-16-5-4-13(2)17(14,15)8-6-11-9(10)12-7-8/h6-7H,3-5H2,1-2H3,(H2,10,11,12). The van der Waals surface area contributed by atoms with Crippen LogP contribution in [0.2, 0.25) is 0 Å². The van der Waals surface area contributed by atoms with Crippen LogP contribution < -0.4 is 5.73 Å². The number of aromatic nitrogens is 2. The van der Waals surface area contributed by atoms with E-state index in [-0.39, 0.29) is 17.4 Å². The van der Waals surface area contributed by atoms with E-state index in [1.165, 1.54) is 23.7 Å². The van der Waals surface area contributed by atoms with Gasteiger partial charge in [0.15, 0.2) is 0 Å². The lowest BCUT2D eigenvalue weighted by Gasteiger charge is -2.16. The van der Waals surface area contributed by atoms with Crippen molar-refractivity contribution in [1.29, 1.82) is 0 Å². The van der Waals surface area contributed by atoms with Crippen LogP contribution in [-0.2, 0) is 14.8 Å². The Kier molecular flexibility index (Phi) is 4.79. The first-order valence-electron chi connectivity index (χ1n) is 5.10. The molecule has 0 bridgehead atoms. The second-order valence-corrected chi connectivity index (χ2v) is 5.35. The van der Waals surface area contributed by atoms with Crippen LogP contribution >= 0.6 is 0 Å². The second-order valence-electron chi connectivity index (χ2n) is 3.30. The highest BCUT2D eigenvalue weighted by Gasteiger charge is 2.21. The summed E-state index contributed by atoms with van der Waals surface area (Å²) >= 11 is 0. The van der Waals surface area contributed by atoms with E-state index in [0.717, 1.165) is 0 Å². The van der Waals surface area contributed by atoms with Gasteiger partial charge < -0.3 is 10.5 Å². The number of nitrogens with two attached hydrogens (primary N) is 1. The van der Waals surface area contributed by atoms with Crippen molar-refractivity contribution < 1.29 is 13.2 Å². The van der Waals surface area contributed by atoms with E-state index in [9.17, 15) is 8.42 Å². The summed E-state index contributed by atoms with van der Waals surface area (Å²) in [5, 5.41) is 0. The van der Waals surface area contributed by atoms with Crippen LogP contribution in [0, 0.1) is 0 Å². The fourth-order valence-corrected chi connectivity index (χ4v) is 2.14. The van der Waals surface area contributed by atoms with Gasteiger partial charge >= 0.3 is 0 Å². The van der Waals surface area contributed by atoms with Gasteiger partial charge in [0.2, 0.25) is 16.0 Å². The number of anilines is 1. The van der Waals surface area contributed by atoms with Gasteiger partial charge in [-0.2, -0.15) is 4.31 Å². The molecular formula is C9H16N4O3S. The summed E-state index contributed by atoms with van der Waals surface area (Å²) in [4.78, 5) is 7.33. The lowest BCUT2D eigenvalue weighted by molar-refractivity contribution is 0.138. The molecular weight excluding hydrogens is 244 g/mol. The number of sulfonamides is 1. The molecule has 8 heteroatoms. The number of likely N-dealkylation sites (N-methyl/N-ethyl adjacent to an activating group) is 1. The highest BCUT2D eigenvalue weighted by Crippen LogP contribution is 2.11. The zero-order chi connectivity index (χ0) is 12.9. The molecule has 0 saturated carbocycles. The maximum Gasteiger partial charge on any atom is 0.245 e. The molecule has 0 amide bonds. The van der Waals surface area contributed by atoms with Crippen LogP contribution in [0.5, 0.6) is 0 Å². The molecule has 1 aromatic rings. The van der Waals surface area contributed by atoms with Crippen molar-refractivity contribution in [1.82, 2.24) is 14.3 Å². The van der Waals surface area contributed by atoms with Crippen LogP contribution in [0.25, 0.3) is 0 Å². The minimum Gasteiger partial charge on any atom is -0.380 e. The maximum atomic E-state index is 12.0. The van der Waals surface area contributed by atoms with Crippen LogP contribution in [0.4, 0.5) is 5.95 Å². The smallest absolute Gasteiger partial charge is 0.245 e. The van der Waals surface area contributed by atoms with Crippen molar-refractivity contribution in [3.63, 3.8) is 0 Å². The lowest BCUT2D eigenvalue weighted by Crippen LogP contribution is -2.30. The van der Waals surface area contributed by atoms with Gasteiger partial charge in [0.05, 0.1) is 19.0 Å². The molecule has 0 aliphatic carbocycles. The SMILES string of the molecule is CCOCCN(C)S(=O)(=O)c1cnc(N)nc1. The number of hydrogen-bond acceptors (Lipinski definition) is 6. The molecule has 0 saturated heterocycles. The lowest BCUT2D eigenvalue weighted by atomic mass is 10.7. The molecule has 96 valence electrons. The minimum atomic E-state index is -3.56.